The average Bonchev–Trinajstić information content (AvgIpc) is 2.14. The van der Waals surface area contributed by atoms with Crippen LogP contribution in [-0.2, 0) is 0 Å². The SMILES string of the molecule is [CH2]CC#CC(O)(CCC)C(O)CC. The van der Waals surface area contributed by atoms with E-state index < -0.39 is 11.7 Å². The molecule has 0 aliphatic carbocycles. The van der Waals surface area contributed by atoms with Crippen molar-refractivity contribution in [2.24, 2.45) is 0 Å². The maximum absolute atomic E-state index is 9.96. The van der Waals surface area contributed by atoms with Gasteiger partial charge in [-0.05, 0) is 19.8 Å². The molecule has 0 saturated carbocycles. The van der Waals surface area contributed by atoms with Crippen LogP contribution >= 0.6 is 0 Å². The molecule has 0 aliphatic heterocycles. The summed E-state index contributed by atoms with van der Waals surface area (Å²) in [4.78, 5) is 0. The Labute approximate surface area is 81.0 Å². The van der Waals surface area contributed by atoms with Crippen molar-refractivity contribution in [3.63, 3.8) is 0 Å². The van der Waals surface area contributed by atoms with Gasteiger partial charge in [-0.3, -0.25) is 0 Å². The fourth-order valence-electron chi connectivity index (χ4n) is 1.25. The van der Waals surface area contributed by atoms with E-state index >= 15 is 0 Å². The molecule has 2 unspecified atom stereocenters. The zero-order chi connectivity index (χ0) is 10.3. The van der Waals surface area contributed by atoms with E-state index in [1.807, 2.05) is 13.8 Å². The highest BCUT2D eigenvalue weighted by Gasteiger charge is 2.31. The lowest BCUT2D eigenvalue weighted by Gasteiger charge is -2.26. The largest absolute Gasteiger partial charge is 0.389 e. The van der Waals surface area contributed by atoms with Gasteiger partial charge in [-0.1, -0.05) is 26.2 Å². The minimum atomic E-state index is -1.23. The molecule has 0 bridgehead atoms. The van der Waals surface area contributed by atoms with Gasteiger partial charge in [0.15, 0.2) is 5.60 Å². The molecule has 0 amide bonds. The molecule has 2 nitrogen and oxygen atoms in total. The third kappa shape index (κ3) is 3.80. The van der Waals surface area contributed by atoms with Crippen molar-refractivity contribution in [3.8, 4) is 11.8 Å². The molecule has 0 rings (SSSR count). The van der Waals surface area contributed by atoms with Crippen LogP contribution in [0.5, 0.6) is 0 Å². The van der Waals surface area contributed by atoms with Crippen LogP contribution in [-0.4, -0.2) is 21.9 Å². The third-order valence-electron chi connectivity index (χ3n) is 2.00. The fraction of sp³-hybridized carbons (Fsp3) is 0.727. The van der Waals surface area contributed by atoms with Crippen LogP contribution in [0.15, 0.2) is 0 Å². The van der Waals surface area contributed by atoms with Crippen LogP contribution < -0.4 is 0 Å². The van der Waals surface area contributed by atoms with Gasteiger partial charge in [0.1, 0.15) is 0 Å². The predicted molar refractivity (Wildman–Crippen MR) is 53.9 cm³/mol. The van der Waals surface area contributed by atoms with Crippen LogP contribution in [0.2, 0.25) is 0 Å². The van der Waals surface area contributed by atoms with Gasteiger partial charge < -0.3 is 10.2 Å². The molecule has 2 N–H and O–H groups in total. The van der Waals surface area contributed by atoms with Gasteiger partial charge in [0.25, 0.3) is 0 Å². The fourth-order valence-corrected chi connectivity index (χ4v) is 1.25. The van der Waals surface area contributed by atoms with Crippen molar-refractivity contribution in [1.29, 1.82) is 0 Å². The Morgan fingerprint density at radius 1 is 1.46 bits per heavy atom. The summed E-state index contributed by atoms with van der Waals surface area (Å²) < 4.78 is 0. The van der Waals surface area contributed by atoms with E-state index in [2.05, 4.69) is 18.8 Å². The Morgan fingerprint density at radius 2 is 2.08 bits per heavy atom. The Morgan fingerprint density at radius 3 is 2.46 bits per heavy atom. The summed E-state index contributed by atoms with van der Waals surface area (Å²) in [6.45, 7) is 7.36. The van der Waals surface area contributed by atoms with E-state index in [0.29, 0.717) is 19.3 Å². The van der Waals surface area contributed by atoms with Crippen LogP contribution in [0, 0.1) is 18.8 Å². The first-order valence-corrected chi connectivity index (χ1v) is 4.80. The first kappa shape index (κ1) is 12.5. The van der Waals surface area contributed by atoms with Gasteiger partial charge in [-0.25, -0.2) is 0 Å². The number of aliphatic hydroxyl groups excluding tert-OH is 1. The quantitative estimate of drug-likeness (QED) is 0.649. The third-order valence-corrected chi connectivity index (χ3v) is 2.00. The zero-order valence-electron chi connectivity index (χ0n) is 8.51. The maximum atomic E-state index is 9.96. The molecular weight excluding hydrogens is 164 g/mol. The molecule has 13 heavy (non-hydrogen) atoms. The molecule has 2 atom stereocenters. The molecule has 0 heterocycles. The molecule has 0 saturated heterocycles. The second-order valence-corrected chi connectivity index (χ2v) is 3.15. The zero-order valence-corrected chi connectivity index (χ0v) is 8.51. The average molecular weight is 183 g/mol. The van der Waals surface area contributed by atoms with Crippen molar-refractivity contribution in [3.05, 3.63) is 6.92 Å². The predicted octanol–water partition coefficient (Wildman–Crippen LogP) is 1.52. The molecule has 0 aliphatic rings. The standard InChI is InChI=1S/C11H19O2/c1-4-7-9-11(13,8-5-2)10(12)6-3/h10,12-13H,1,4-6,8H2,2-3H3. The topological polar surface area (TPSA) is 40.5 Å². The first-order valence-electron chi connectivity index (χ1n) is 4.80. The van der Waals surface area contributed by atoms with Crippen molar-refractivity contribution in [2.75, 3.05) is 0 Å². The van der Waals surface area contributed by atoms with Crippen LogP contribution in [0.1, 0.15) is 39.5 Å². The molecule has 1 radical (unpaired) electrons. The van der Waals surface area contributed by atoms with E-state index in [1.54, 1.807) is 0 Å². The minimum absolute atomic E-state index is 0.461. The smallest absolute Gasteiger partial charge is 0.151 e. The molecule has 75 valence electrons. The monoisotopic (exact) mass is 183 g/mol. The normalized spacial score (nSPS) is 17.0. The summed E-state index contributed by atoms with van der Waals surface area (Å²) >= 11 is 0. The van der Waals surface area contributed by atoms with E-state index in [9.17, 15) is 10.2 Å². The second kappa shape index (κ2) is 6.01. The van der Waals surface area contributed by atoms with Gasteiger partial charge in [0, 0.05) is 6.42 Å². The second-order valence-electron chi connectivity index (χ2n) is 3.15. The summed E-state index contributed by atoms with van der Waals surface area (Å²) in [5, 5.41) is 19.5. The van der Waals surface area contributed by atoms with Crippen molar-refractivity contribution >= 4 is 0 Å². The Balaban J connectivity index is 4.50. The highest BCUT2D eigenvalue weighted by molar-refractivity contribution is 5.16. The van der Waals surface area contributed by atoms with E-state index in [0.717, 1.165) is 6.42 Å². The first-order chi connectivity index (χ1) is 6.10. The summed E-state index contributed by atoms with van der Waals surface area (Å²) in [5.41, 5.74) is -1.23. The molecule has 0 aromatic heterocycles. The summed E-state index contributed by atoms with van der Waals surface area (Å²) in [7, 11) is 0. The molecule has 0 aromatic carbocycles. The van der Waals surface area contributed by atoms with E-state index in [-0.39, 0.29) is 0 Å². The number of rotatable bonds is 4. The summed E-state index contributed by atoms with van der Waals surface area (Å²) in [5.74, 6) is 5.41. The van der Waals surface area contributed by atoms with Gasteiger partial charge in [-0.15, -0.1) is 5.92 Å². The Hall–Kier alpha value is -0.520. The molecule has 2 heteroatoms. The lowest BCUT2D eigenvalue weighted by atomic mass is 9.90. The lowest BCUT2D eigenvalue weighted by Crippen LogP contribution is -2.40. The molecule has 0 spiro atoms. The van der Waals surface area contributed by atoms with Crippen LogP contribution in [0.25, 0.3) is 0 Å². The van der Waals surface area contributed by atoms with Crippen molar-refractivity contribution in [2.45, 2.75) is 51.2 Å². The van der Waals surface area contributed by atoms with E-state index in [4.69, 9.17) is 0 Å². The van der Waals surface area contributed by atoms with Crippen molar-refractivity contribution in [1.82, 2.24) is 0 Å². The number of hydrogen-bond acceptors (Lipinski definition) is 2. The molecule has 0 fully saturated rings. The Bertz CT molecular complexity index is 190. The number of aliphatic hydroxyl groups is 2. The lowest BCUT2D eigenvalue weighted by molar-refractivity contribution is -0.0391. The highest BCUT2D eigenvalue weighted by atomic mass is 16.3. The maximum Gasteiger partial charge on any atom is 0.151 e. The Kier molecular flexibility index (Phi) is 5.77. The van der Waals surface area contributed by atoms with Crippen molar-refractivity contribution < 1.29 is 10.2 Å². The highest BCUT2D eigenvalue weighted by Crippen LogP contribution is 2.19. The van der Waals surface area contributed by atoms with Crippen LogP contribution in [0.4, 0.5) is 0 Å². The summed E-state index contributed by atoms with van der Waals surface area (Å²) in [6.07, 6.45) is 1.53. The summed E-state index contributed by atoms with van der Waals surface area (Å²) in [6, 6.07) is 0. The van der Waals surface area contributed by atoms with Gasteiger partial charge in [-0.2, -0.15) is 0 Å². The number of hydrogen-bond donors (Lipinski definition) is 2. The molecule has 0 aromatic rings. The van der Waals surface area contributed by atoms with Gasteiger partial charge in [0.2, 0.25) is 0 Å². The van der Waals surface area contributed by atoms with Crippen LogP contribution in [0.3, 0.4) is 0 Å². The van der Waals surface area contributed by atoms with Gasteiger partial charge >= 0.3 is 0 Å². The van der Waals surface area contributed by atoms with Gasteiger partial charge in [0.05, 0.1) is 6.10 Å². The molecular formula is C11H19O2. The minimum Gasteiger partial charge on any atom is -0.389 e. The van der Waals surface area contributed by atoms with E-state index in [1.165, 1.54) is 0 Å².